The minimum absolute atomic E-state index is 0. The highest BCUT2D eigenvalue weighted by Crippen LogP contribution is 2.17. The van der Waals surface area contributed by atoms with E-state index in [1.807, 2.05) is 42.6 Å². The third-order valence-corrected chi connectivity index (χ3v) is 4.19. The number of hydrogen-bond donors (Lipinski definition) is 2. The lowest BCUT2D eigenvalue weighted by Crippen LogP contribution is -2.42. The fourth-order valence-electron chi connectivity index (χ4n) is 2.69. The Morgan fingerprint density at radius 3 is 2.69 bits per heavy atom. The number of guanidine groups is 1. The molecule has 0 saturated heterocycles. The van der Waals surface area contributed by atoms with Crippen molar-refractivity contribution in [2.24, 2.45) is 4.99 Å². The van der Waals surface area contributed by atoms with Gasteiger partial charge in [0, 0.05) is 12.7 Å². The maximum absolute atomic E-state index is 13.8. The molecule has 0 radical (unpaired) electrons. The molecule has 0 aliphatic rings. The summed E-state index contributed by atoms with van der Waals surface area (Å²) in [6, 6.07) is 12.2. The molecule has 0 saturated carbocycles. The Balaban J connectivity index is 0.00000300. The van der Waals surface area contributed by atoms with Crippen LogP contribution in [0.25, 0.3) is 5.65 Å². The molecule has 2 heterocycles. The number of halogens is 2. The summed E-state index contributed by atoms with van der Waals surface area (Å²) in [7, 11) is 0. The molecule has 0 bridgehead atoms. The lowest BCUT2D eigenvalue weighted by Gasteiger charge is -2.20. The van der Waals surface area contributed by atoms with E-state index in [1.54, 1.807) is 18.2 Å². The lowest BCUT2D eigenvalue weighted by atomic mass is 10.2. The van der Waals surface area contributed by atoms with Crippen molar-refractivity contribution in [3.63, 3.8) is 0 Å². The molecular weight excluding hydrogens is 486 g/mol. The fourth-order valence-corrected chi connectivity index (χ4v) is 2.69. The van der Waals surface area contributed by atoms with Gasteiger partial charge in [0.05, 0.1) is 6.54 Å². The predicted molar refractivity (Wildman–Crippen MR) is 122 cm³/mol. The molecule has 0 fully saturated rings. The molecular formula is C20H26FIN6O. The number of rotatable bonds is 8. The highest BCUT2D eigenvalue weighted by atomic mass is 127. The third-order valence-electron chi connectivity index (χ3n) is 4.19. The zero-order valence-electron chi connectivity index (χ0n) is 16.5. The Labute approximate surface area is 186 Å². The van der Waals surface area contributed by atoms with E-state index in [4.69, 9.17) is 4.74 Å². The molecule has 0 aliphatic heterocycles. The first kappa shape index (κ1) is 22.9. The molecule has 0 amide bonds. The van der Waals surface area contributed by atoms with Gasteiger partial charge in [-0.15, -0.1) is 34.2 Å². The molecule has 7 nitrogen and oxygen atoms in total. The van der Waals surface area contributed by atoms with Gasteiger partial charge in [-0.1, -0.05) is 25.1 Å². The number of aromatic nitrogens is 3. The van der Waals surface area contributed by atoms with Crippen LogP contribution < -0.4 is 15.4 Å². The number of hydrogen-bond acceptors (Lipinski definition) is 4. The molecule has 156 valence electrons. The summed E-state index contributed by atoms with van der Waals surface area (Å²) in [6.07, 6.45) is 2.46. The standard InChI is InChI=1S/C20H25FN6O.HI/c1-3-15(28-17-10-6-5-9-16(17)21)13-23-20(22-4-2)24-14-19-26-25-18-11-7-8-12-27(18)19;/h5-12,15H,3-4,13-14H2,1-2H3,(H2,22,23,24);1H. The van der Waals surface area contributed by atoms with Gasteiger partial charge < -0.3 is 15.4 Å². The van der Waals surface area contributed by atoms with Crippen molar-refractivity contribution < 1.29 is 9.13 Å². The van der Waals surface area contributed by atoms with Crippen molar-refractivity contribution in [1.82, 2.24) is 25.2 Å². The van der Waals surface area contributed by atoms with Crippen molar-refractivity contribution in [2.45, 2.75) is 32.9 Å². The number of ether oxygens (including phenoxy) is 1. The van der Waals surface area contributed by atoms with Crippen LogP contribution in [0.4, 0.5) is 4.39 Å². The van der Waals surface area contributed by atoms with Crippen LogP contribution >= 0.6 is 24.0 Å². The largest absolute Gasteiger partial charge is 0.486 e. The molecule has 1 unspecified atom stereocenters. The van der Waals surface area contributed by atoms with Gasteiger partial charge in [0.15, 0.2) is 29.0 Å². The van der Waals surface area contributed by atoms with E-state index >= 15 is 0 Å². The zero-order valence-corrected chi connectivity index (χ0v) is 18.8. The first-order valence-electron chi connectivity index (χ1n) is 9.43. The zero-order chi connectivity index (χ0) is 19.8. The predicted octanol–water partition coefficient (Wildman–Crippen LogP) is 3.40. The Kier molecular flexibility index (Phi) is 9.10. The van der Waals surface area contributed by atoms with Crippen LogP contribution in [0.2, 0.25) is 0 Å². The minimum Gasteiger partial charge on any atom is -0.486 e. The Morgan fingerprint density at radius 2 is 1.93 bits per heavy atom. The van der Waals surface area contributed by atoms with Gasteiger partial charge in [-0.05, 0) is 37.6 Å². The Hall–Kier alpha value is -2.43. The van der Waals surface area contributed by atoms with Crippen LogP contribution in [-0.2, 0) is 6.54 Å². The van der Waals surface area contributed by atoms with Crippen LogP contribution in [-0.4, -0.2) is 39.8 Å². The number of benzene rings is 1. The summed E-state index contributed by atoms with van der Waals surface area (Å²) in [5.74, 6) is 1.29. The minimum atomic E-state index is -0.361. The van der Waals surface area contributed by atoms with Crippen molar-refractivity contribution in [3.05, 3.63) is 60.3 Å². The van der Waals surface area contributed by atoms with E-state index in [9.17, 15) is 4.39 Å². The number of nitrogens with zero attached hydrogens (tertiary/aromatic N) is 4. The molecule has 9 heteroatoms. The molecule has 2 aromatic heterocycles. The van der Waals surface area contributed by atoms with Crippen LogP contribution in [0.15, 0.2) is 53.7 Å². The van der Waals surface area contributed by atoms with Gasteiger partial charge in [-0.25, -0.2) is 9.38 Å². The molecule has 0 spiro atoms. The molecule has 29 heavy (non-hydrogen) atoms. The molecule has 1 atom stereocenters. The van der Waals surface area contributed by atoms with Gasteiger partial charge in [0.2, 0.25) is 0 Å². The summed E-state index contributed by atoms with van der Waals surface area (Å²) in [6.45, 7) is 5.59. The third kappa shape index (κ3) is 6.28. The quantitative estimate of drug-likeness (QED) is 0.275. The van der Waals surface area contributed by atoms with Gasteiger partial charge in [-0.2, -0.15) is 0 Å². The van der Waals surface area contributed by atoms with E-state index in [1.165, 1.54) is 6.07 Å². The molecule has 0 aliphatic carbocycles. The monoisotopic (exact) mass is 512 g/mol. The number of pyridine rings is 1. The summed E-state index contributed by atoms with van der Waals surface area (Å²) < 4.78 is 21.5. The molecule has 3 rings (SSSR count). The number of para-hydroxylation sites is 1. The number of nitrogens with one attached hydrogen (secondary N) is 2. The normalized spacial score (nSPS) is 12.3. The summed E-state index contributed by atoms with van der Waals surface area (Å²) in [5.41, 5.74) is 0.787. The van der Waals surface area contributed by atoms with Crippen LogP contribution in [0.1, 0.15) is 26.1 Å². The summed E-state index contributed by atoms with van der Waals surface area (Å²) >= 11 is 0. The fraction of sp³-hybridized carbons (Fsp3) is 0.350. The number of fused-ring (bicyclic) bond motifs is 1. The SMILES string of the molecule is CCNC(=NCc1nnc2ccccn12)NCC(CC)Oc1ccccc1F.I. The topological polar surface area (TPSA) is 75.8 Å². The van der Waals surface area contributed by atoms with Crippen LogP contribution in [0.3, 0.4) is 0 Å². The van der Waals surface area contributed by atoms with Crippen LogP contribution in [0.5, 0.6) is 5.75 Å². The van der Waals surface area contributed by atoms with Gasteiger partial charge in [0.25, 0.3) is 0 Å². The lowest BCUT2D eigenvalue weighted by molar-refractivity contribution is 0.191. The van der Waals surface area contributed by atoms with E-state index in [0.717, 1.165) is 24.4 Å². The van der Waals surface area contributed by atoms with Gasteiger partial charge in [0.1, 0.15) is 12.6 Å². The van der Waals surface area contributed by atoms with Gasteiger partial charge in [-0.3, -0.25) is 4.40 Å². The highest BCUT2D eigenvalue weighted by Gasteiger charge is 2.12. The second-order valence-corrected chi connectivity index (χ2v) is 6.20. The van der Waals surface area contributed by atoms with Crippen molar-refractivity contribution in [1.29, 1.82) is 0 Å². The second kappa shape index (κ2) is 11.5. The first-order chi connectivity index (χ1) is 13.7. The average molecular weight is 512 g/mol. The first-order valence-corrected chi connectivity index (χ1v) is 9.43. The average Bonchev–Trinajstić information content (AvgIpc) is 3.13. The van der Waals surface area contributed by atoms with Crippen molar-refractivity contribution >= 4 is 35.6 Å². The second-order valence-electron chi connectivity index (χ2n) is 6.20. The van der Waals surface area contributed by atoms with E-state index in [2.05, 4.69) is 25.8 Å². The van der Waals surface area contributed by atoms with E-state index in [-0.39, 0.29) is 41.6 Å². The van der Waals surface area contributed by atoms with Crippen molar-refractivity contribution in [3.8, 4) is 5.75 Å². The van der Waals surface area contributed by atoms with Crippen molar-refractivity contribution in [2.75, 3.05) is 13.1 Å². The highest BCUT2D eigenvalue weighted by molar-refractivity contribution is 14.0. The summed E-state index contributed by atoms with van der Waals surface area (Å²) in [4.78, 5) is 4.58. The molecule has 1 aromatic carbocycles. The Bertz CT molecular complexity index is 932. The molecule has 2 N–H and O–H groups in total. The maximum Gasteiger partial charge on any atom is 0.191 e. The van der Waals surface area contributed by atoms with E-state index in [0.29, 0.717) is 19.0 Å². The summed E-state index contributed by atoms with van der Waals surface area (Å²) in [5, 5.41) is 14.8. The molecule has 3 aromatic rings. The Morgan fingerprint density at radius 1 is 1.14 bits per heavy atom. The maximum atomic E-state index is 13.8. The smallest absolute Gasteiger partial charge is 0.191 e. The van der Waals surface area contributed by atoms with Gasteiger partial charge >= 0.3 is 0 Å². The van der Waals surface area contributed by atoms with E-state index < -0.39 is 0 Å². The number of aliphatic imine (C=N–C) groups is 1. The van der Waals surface area contributed by atoms with Crippen LogP contribution in [0, 0.1) is 5.82 Å².